The maximum Gasteiger partial charge on any atom is 0.574 e. The van der Waals surface area contributed by atoms with Gasteiger partial charge in [0.15, 0.2) is 0 Å². The Morgan fingerprint density at radius 3 is 2.57 bits per heavy atom. The first-order chi connectivity index (χ1) is 6.42. The minimum absolute atomic E-state index is 0.194. The van der Waals surface area contributed by atoms with E-state index in [1.54, 1.807) is 0 Å². The second kappa shape index (κ2) is 4.14. The molecule has 1 aromatic rings. The van der Waals surface area contributed by atoms with Crippen LogP contribution in [0, 0.1) is 0 Å². The molecule has 78 valence electrons. The number of alkyl halides is 3. The minimum Gasteiger partial charge on any atom is -0.388 e. The first-order valence-corrected chi connectivity index (χ1v) is 4.32. The van der Waals surface area contributed by atoms with Gasteiger partial charge in [0.05, 0.1) is 0 Å². The lowest BCUT2D eigenvalue weighted by Crippen LogP contribution is -2.18. The third-order valence-electron chi connectivity index (χ3n) is 1.34. The molecule has 0 spiro atoms. The Balaban J connectivity index is 2.87. The average Bonchev–Trinajstić information content (AvgIpc) is 2.01. The molecule has 0 fully saturated rings. The van der Waals surface area contributed by atoms with E-state index >= 15 is 0 Å². The third-order valence-corrected chi connectivity index (χ3v) is 2.08. The fourth-order valence-electron chi connectivity index (χ4n) is 0.766. The van der Waals surface area contributed by atoms with Crippen molar-refractivity contribution in [3.63, 3.8) is 0 Å². The van der Waals surface area contributed by atoms with E-state index < -0.39 is 12.2 Å². The molecular formula is C7H6BrF3N2O. The monoisotopic (exact) mass is 270 g/mol. The number of hydrogen-bond donors (Lipinski definition) is 1. The molecule has 0 saturated heterocycles. The molecule has 0 saturated carbocycles. The van der Waals surface area contributed by atoms with Crippen molar-refractivity contribution in [1.29, 1.82) is 0 Å². The Labute approximate surface area is 86.2 Å². The normalized spacial score (nSPS) is 11.5. The number of halogens is 4. The van der Waals surface area contributed by atoms with Crippen LogP contribution in [-0.2, 0) is 6.54 Å². The highest BCUT2D eigenvalue weighted by atomic mass is 79.9. The number of aromatic nitrogens is 1. The standard InChI is InChI=1S/C7H6BrF3N2O/c8-5-1-6(14-7(9,10)11)13-3-4(5)2-12/h1,3H,2,12H2. The molecule has 0 aliphatic heterocycles. The summed E-state index contributed by atoms with van der Waals surface area (Å²) in [4.78, 5) is 3.44. The number of pyridine rings is 1. The van der Waals surface area contributed by atoms with Gasteiger partial charge in [-0.25, -0.2) is 4.98 Å². The highest BCUT2D eigenvalue weighted by Crippen LogP contribution is 2.25. The van der Waals surface area contributed by atoms with Crippen LogP contribution < -0.4 is 10.5 Å². The molecule has 2 N–H and O–H groups in total. The quantitative estimate of drug-likeness (QED) is 0.897. The van der Waals surface area contributed by atoms with Gasteiger partial charge in [0.25, 0.3) is 0 Å². The van der Waals surface area contributed by atoms with Gasteiger partial charge < -0.3 is 10.5 Å². The zero-order valence-electron chi connectivity index (χ0n) is 6.81. The Bertz CT molecular complexity index is 329. The van der Waals surface area contributed by atoms with Crippen molar-refractivity contribution in [3.8, 4) is 5.88 Å². The molecule has 0 unspecified atom stereocenters. The molecular weight excluding hydrogens is 265 g/mol. The van der Waals surface area contributed by atoms with E-state index in [2.05, 4.69) is 25.7 Å². The van der Waals surface area contributed by atoms with Crippen LogP contribution in [0.1, 0.15) is 5.56 Å². The summed E-state index contributed by atoms with van der Waals surface area (Å²) in [5.74, 6) is -0.512. The molecule has 0 aliphatic rings. The van der Waals surface area contributed by atoms with Crippen LogP contribution in [0.5, 0.6) is 5.88 Å². The fraction of sp³-hybridized carbons (Fsp3) is 0.286. The van der Waals surface area contributed by atoms with Crippen LogP contribution in [-0.4, -0.2) is 11.3 Å². The van der Waals surface area contributed by atoms with Crippen LogP contribution in [0.3, 0.4) is 0 Å². The van der Waals surface area contributed by atoms with Crippen LogP contribution in [0.25, 0.3) is 0 Å². The van der Waals surface area contributed by atoms with Crippen molar-refractivity contribution >= 4 is 15.9 Å². The molecule has 7 heteroatoms. The van der Waals surface area contributed by atoms with Crippen LogP contribution in [0.2, 0.25) is 0 Å². The number of nitrogens with two attached hydrogens (primary N) is 1. The van der Waals surface area contributed by atoms with E-state index in [4.69, 9.17) is 5.73 Å². The van der Waals surface area contributed by atoms with Crippen molar-refractivity contribution in [2.24, 2.45) is 5.73 Å². The highest BCUT2D eigenvalue weighted by Gasteiger charge is 2.31. The molecule has 3 nitrogen and oxygen atoms in total. The fourth-order valence-corrected chi connectivity index (χ4v) is 1.23. The average molecular weight is 271 g/mol. The molecule has 1 heterocycles. The van der Waals surface area contributed by atoms with Gasteiger partial charge >= 0.3 is 6.36 Å². The SMILES string of the molecule is NCc1cnc(OC(F)(F)F)cc1Br. The topological polar surface area (TPSA) is 48.1 Å². The van der Waals surface area contributed by atoms with Gasteiger partial charge in [-0.05, 0) is 5.56 Å². The van der Waals surface area contributed by atoms with Crippen LogP contribution in [0.15, 0.2) is 16.7 Å². The van der Waals surface area contributed by atoms with Crippen molar-refractivity contribution in [2.45, 2.75) is 12.9 Å². The van der Waals surface area contributed by atoms with Gasteiger partial charge in [0.2, 0.25) is 5.88 Å². The van der Waals surface area contributed by atoms with Crippen molar-refractivity contribution in [3.05, 3.63) is 22.3 Å². The van der Waals surface area contributed by atoms with Gasteiger partial charge in [0, 0.05) is 23.3 Å². The lowest BCUT2D eigenvalue weighted by Gasteiger charge is -2.08. The summed E-state index contributed by atoms with van der Waals surface area (Å²) in [6.07, 6.45) is -3.50. The van der Waals surface area contributed by atoms with E-state index in [1.807, 2.05) is 0 Å². The van der Waals surface area contributed by atoms with E-state index in [9.17, 15) is 13.2 Å². The van der Waals surface area contributed by atoms with E-state index in [0.29, 0.717) is 10.0 Å². The zero-order chi connectivity index (χ0) is 10.8. The predicted octanol–water partition coefficient (Wildman–Crippen LogP) is 2.20. The van der Waals surface area contributed by atoms with Crippen LogP contribution >= 0.6 is 15.9 Å². The molecule has 0 amide bonds. The first-order valence-electron chi connectivity index (χ1n) is 3.52. The second-order valence-corrected chi connectivity index (χ2v) is 3.22. The molecule has 0 radical (unpaired) electrons. The highest BCUT2D eigenvalue weighted by molar-refractivity contribution is 9.10. The molecule has 1 aromatic heterocycles. The largest absolute Gasteiger partial charge is 0.574 e. The zero-order valence-corrected chi connectivity index (χ0v) is 8.39. The molecule has 14 heavy (non-hydrogen) atoms. The summed E-state index contributed by atoms with van der Waals surface area (Å²) >= 11 is 3.05. The molecule has 1 rings (SSSR count). The van der Waals surface area contributed by atoms with Crippen molar-refractivity contribution < 1.29 is 17.9 Å². The Morgan fingerprint density at radius 2 is 2.14 bits per heavy atom. The summed E-state index contributed by atoms with van der Waals surface area (Å²) in [6, 6.07) is 1.12. The molecule has 0 atom stereocenters. The summed E-state index contributed by atoms with van der Waals surface area (Å²) in [5, 5.41) is 0. The lowest BCUT2D eigenvalue weighted by molar-refractivity contribution is -0.276. The van der Waals surface area contributed by atoms with Gasteiger partial charge in [-0.1, -0.05) is 15.9 Å². The van der Waals surface area contributed by atoms with E-state index in [1.165, 1.54) is 6.20 Å². The first kappa shape index (κ1) is 11.3. The van der Waals surface area contributed by atoms with E-state index in [0.717, 1.165) is 6.07 Å². The van der Waals surface area contributed by atoms with Gasteiger partial charge in [-0.3, -0.25) is 0 Å². The maximum atomic E-state index is 11.8. The van der Waals surface area contributed by atoms with Gasteiger partial charge in [0.1, 0.15) is 0 Å². The number of hydrogen-bond acceptors (Lipinski definition) is 3. The molecule has 0 aliphatic carbocycles. The van der Waals surface area contributed by atoms with Crippen LogP contribution in [0.4, 0.5) is 13.2 Å². The number of ether oxygens (including phenoxy) is 1. The summed E-state index contributed by atoms with van der Waals surface area (Å²) in [5.41, 5.74) is 5.91. The Kier molecular flexibility index (Phi) is 3.33. The number of nitrogens with zero attached hydrogens (tertiary/aromatic N) is 1. The van der Waals surface area contributed by atoms with Gasteiger partial charge in [-0.2, -0.15) is 0 Å². The van der Waals surface area contributed by atoms with Gasteiger partial charge in [-0.15, -0.1) is 13.2 Å². The number of rotatable bonds is 2. The second-order valence-electron chi connectivity index (χ2n) is 2.37. The Morgan fingerprint density at radius 1 is 1.50 bits per heavy atom. The summed E-state index contributed by atoms with van der Waals surface area (Å²) in [7, 11) is 0. The van der Waals surface area contributed by atoms with Crippen molar-refractivity contribution in [1.82, 2.24) is 4.98 Å². The van der Waals surface area contributed by atoms with E-state index in [-0.39, 0.29) is 6.54 Å². The third kappa shape index (κ3) is 3.15. The minimum atomic E-state index is -4.73. The summed E-state index contributed by atoms with van der Waals surface area (Å²) < 4.78 is 39.3. The molecule has 0 aromatic carbocycles. The maximum absolute atomic E-state index is 11.8. The van der Waals surface area contributed by atoms with Crippen molar-refractivity contribution in [2.75, 3.05) is 0 Å². The molecule has 0 bridgehead atoms. The Hall–Kier alpha value is -0.820. The lowest BCUT2D eigenvalue weighted by atomic mass is 10.3. The summed E-state index contributed by atoms with van der Waals surface area (Å²) in [6.45, 7) is 0.194. The smallest absolute Gasteiger partial charge is 0.388 e. The predicted molar refractivity (Wildman–Crippen MR) is 46.5 cm³/mol.